The number of sulfonamides is 1. The van der Waals surface area contributed by atoms with Gasteiger partial charge in [-0.25, -0.2) is 8.42 Å². The zero-order valence-electron chi connectivity index (χ0n) is 8.47. The van der Waals surface area contributed by atoms with Gasteiger partial charge >= 0.3 is 0 Å². The number of hydrogen-bond acceptors (Lipinski definition) is 4. The van der Waals surface area contributed by atoms with Gasteiger partial charge in [0, 0.05) is 22.9 Å². The van der Waals surface area contributed by atoms with Crippen molar-refractivity contribution in [2.24, 2.45) is 0 Å². The zero-order valence-corrected chi connectivity index (χ0v) is 11.7. The summed E-state index contributed by atoms with van der Waals surface area (Å²) in [6, 6.07) is 1.62. The van der Waals surface area contributed by atoms with Gasteiger partial charge in [0.25, 0.3) is 10.0 Å². The van der Waals surface area contributed by atoms with E-state index >= 15 is 0 Å². The van der Waals surface area contributed by atoms with Gasteiger partial charge in [-0.05, 0) is 34.8 Å². The molecule has 1 aliphatic heterocycles. The lowest BCUT2D eigenvalue weighted by atomic mass is 10.1. The van der Waals surface area contributed by atoms with Gasteiger partial charge in [0.2, 0.25) is 0 Å². The molecule has 1 aromatic rings. The predicted octanol–water partition coefficient (Wildman–Crippen LogP) is 1.66. The van der Waals surface area contributed by atoms with E-state index in [4.69, 9.17) is 0 Å². The van der Waals surface area contributed by atoms with Crippen LogP contribution in [0.4, 0.5) is 0 Å². The molecular formula is C9H12BrNO3S2. The second kappa shape index (κ2) is 4.73. The lowest BCUT2D eigenvalue weighted by Gasteiger charge is -2.28. The fourth-order valence-corrected chi connectivity index (χ4v) is 5.11. The first-order valence-corrected chi connectivity index (χ1v) is 8.03. The number of aliphatic hydroxyl groups excluding tert-OH is 1. The molecule has 0 unspecified atom stereocenters. The lowest BCUT2D eigenvalue weighted by molar-refractivity contribution is 0.113. The molecule has 0 bridgehead atoms. The summed E-state index contributed by atoms with van der Waals surface area (Å²) in [7, 11) is -3.35. The Morgan fingerprint density at radius 1 is 1.44 bits per heavy atom. The highest BCUT2D eigenvalue weighted by Gasteiger charge is 2.29. The summed E-state index contributed by atoms with van der Waals surface area (Å²) in [4.78, 5) is 0. The Hall–Kier alpha value is 0.0500. The standard InChI is InChI=1S/C9H12BrNO3S2/c10-7-5-9(15-6-7)16(13,14)11-3-1-8(12)2-4-11/h5-6,8,12H,1-4H2. The number of piperidine rings is 1. The summed E-state index contributed by atoms with van der Waals surface area (Å²) in [6.07, 6.45) is 0.680. The van der Waals surface area contributed by atoms with Crippen LogP contribution in [0.25, 0.3) is 0 Å². The Kier molecular flexibility index (Phi) is 3.70. The average Bonchev–Trinajstić information content (AvgIpc) is 2.66. The highest BCUT2D eigenvalue weighted by molar-refractivity contribution is 9.10. The number of rotatable bonds is 2. The lowest BCUT2D eigenvalue weighted by Crippen LogP contribution is -2.39. The number of aliphatic hydroxyl groups is 1. The van der Waals surface area contributed by atoms with Gasteiger partial charge in [-0.3, -0.25) is 0 Å². The fourth-order valence-electron chi connectivity index (χ4n) is 1.64. The van der Waals surface area contributed by atoms with Crippen LogP contribution in [-0.2, 0) is 10.0 Å². The summed E-state index contributed by atoms with van der Waals surface area (Å²) in [5, 5.41) is 11.1. The quantitative estimate of drug-likeness (QED) is 0.899. The van der Waals surface area contributed by atoms with E-state index in [0.717, 1.165) is 4.47 Å². The highest BCUT2D eigenvalue weighted by Crippen LogP contribution is 2.28. The molecule has 0 saturated carbocycles. The Balaban J connectivity index is 2.20. The topological polar surface area (TPSA) is 57.6 Å². The predicted molar refractivity (Wildman–Crippen MR) is 66.0 cm³/mol. The van der Waals surface area contributed by atoms with Gasteiger partial charge in [-0.1, -0.05) is 0 Å². The highest BCUT2D eigenvalue weighted by atomic mass is 79.9. The third kappa shape index (κ3) is 2.48. The summed E-state index contributed by atoms with van der Waals surface area (Å²) >= 11 is 4.46. The second-order valence-electron chi connectivity index (χ2n) is 3.72. The molecule has 16 heavy (non-hydrogen) atoms. The van der Waals surface area contributed by atoms with Crippen molar-refractivity contribution in [3.05, 3.63) is 15.9 Å². The molecule has 1 saturated heterocycles. The van der Waals surface area contributed by atoms with E-state index < -0.39 is 10.0 Å². The van der Waals surface area contributed by atoms with Crippen molar-refractivity contribution in [1.82, 2.24) is 4.31 Å². The van der Waals surface area contributed by atoms with Crippen LogP contribution in [0.5, 0.6) is 0 Å². The van der Waals surface area contributed by atoms with Crippen molar-refractivity contribution in [1.29, 1.82) is 0 Å². The largest absolute Gasteiger partial charge is 0.393 e. The molecule has 0 aromatic carbocycles. The first-order chi connectivity index (χ1) is 7.50. The first-order valence-electron chi connectivity index (χ1n) is 4.92. The maximum Gasteiger partial charge on any atom is 0.252 e. The molecule has 90 valence electrons. The maximum absolute atomic E-state index is 12.1. The van der Waals surface area contributed by atoms with Crippen molar-refractivity contribution >= 4 is 37.3 Å². The minimum Gasteiger partial charge on any atom is -0.393 e. The van der Waals surface area contributed by atoms with E-state index in [9.17, 15) is 13.5 Å². The molecule has 1 aromatic heterocycles. The van der Waals surface area contributed by atoms with Gasteiger partial charge < -0.3 is 5.11 Å². The summed E-state index contributed by atoms with van der Waals surface area (Å²) < 4.78 is 26.9. The fraction of sp³-hybridized carbons (Fsp3) is 0.556. The zero-order chi connectivity index (χ0) is 11.8. The van der Waals surface area contributed by atoms with Gasteiger partial charge in [0.1, 0.15) is 4.21 Å². The van der Waals surface area contributed by atoms with Crippen LogP contribution >= 0.6 is 27.3 Å². The Bertz CT molecular complexity index is 463. The first kappa shape index (κ1) is 12.5. The SMILES string of the molecule is O=S(=O)(c1cc(Br)cs1)N1CCC(O)CC1. The van der Waals surface area contributed by atoms with E-state index in [1.807, 2.05) is 0 Å². The number of nitrogens with zero attached hydrogens (tertiary/aromatic N) is 1. The Labute approximate surface area is 107 Å². The van der Waals surface area contributed by atoms with Crippen LogP contribution in [0.2, 0.25) is 0 Å². The van der Waals surface area contributed by atoms with Crippen LogP contribution in [-0.4, -0.2) is 37.0 Å². The summed E-state index contributed by atoms with van der Waals surface area (Å²) in [5.74, 6) is 0. The van der Waals surface area contributed by atoms with Gasteiger partial charge in [0.05, 0.1) is 6.10 Å². The van der Waals surface area contributed by atoms with Crippen molar-refractivity contribution in [2.45, 2.75) is 23.2 Å². The average molecular weight is 326 g/mol. The van der Waals surface area contributed by atoms with E-state index in [2.05, 4.69) is 15.9 Å². The molecular weight excluding hydrogens is 314 g/mol. The van der Waals surface area contributed by atoms with Crippen molar-refractivity contribution < 1.29 is 13.5 Å². The molecule has 1 fully saturated rings. The molecule has 0 atom stereocenters. The van der Waals surface area contributed by atoms with Gasteiger partial charge in [0.15, 0.2) is 0 Å². The molecule has 2 heterocycles. The molecule has 0 amide bonds. The third-order valence-corrected chi connectivity index (χ3v) is 6.64. The monoisotopic (exact) mass is 325 g/mol. The summed E-state index contributed by atoms with van der Waals surface area (Å²) in [5.41, 5.74) is 0. The van der Waals surface area contributed by atoms with Crippen molar-refractivity contribution in [2.75, 3.05) is 13.1 Å². The van der Waals surface area contributed by atoms with E-state index in [0.29, 0.717) is 30.1 Å². The molecule has 0 radical (unpaired) electrons. The van der Waals surface area contributed by atoms with Crippen LogP contribution in [0.15, 0.2) is 20.1 Å². The van der Waals surface area contributed by atoms with Crippen molar-refractivity contribution in [3.8, 4) is 0 Å². The minimum atomic E-state index is -3.35. The van der Waals surface area contributed by atoms with E-state index in [-0.39, 0.29) is 6.10 Å². The molecule has 2 rings (SSSR count). The molecule has 0 aliphatic carbocycles. The molecule has 1 aliphatic rings. The smallest absolute Gasteiger partial charge is 0.252 e. The molecule has 0 spiro atoms. The van der Waals surface area contributed by atoms with Gasteiger partial charge in [-0.2, -0.15) is 4.31 Å². The van der Waals surface area contributed by atoms with Crippen LogP contribution in [0.3, 0.4) is 0 Å². The molecule has 1 N–H and O–H groups in total. The Morgan fingerprint density at radius 3 is 2.56 bits per heavy atom. The Morgan fingerprint density at radius 2 is 2.06 bits per heavy atom. The number of thiophene rings is 1. The second-order valence-corrected chi connectivity index (χ2v) is 7.71. The molecule has 4 nitrogen and oxygen atoms in total. The van der Waals surface area contributed by atoms with Crippen molar-refractivity contribution in [3.63, 3.8) is 0 Å². The van der Waals surface area contributed by atoms with E-state index in [1.54, 1.807) is 11.4 Å². The van der Waals surface area contributed by atoms with Crippen LogP contribution < -0.4 is 0 Å². The number of hydrogen-bond donors (Lipinski definition) is 1. The normalized spacial score (nSPS) is 20.1. The molecule has 7 heteroatoms. The summed E-state index contributed by atoms with van der Waals surface area (Å²) in [6.45, 7) is 0.804. The maximum atomic E-state index is 12.1. The van der Waals surface area contributed by atoms with E-state index in [1.165, 1.54) is 15.6 Å². The minimum absolute atomic E-state index is 0.357. The van der Waals surface area contributed by atoms with Gasteiger partial charge in [-0.15, -0.1) is 11.3 Å². The van der Waals surface area contributed by atoms with Crippen LogP contribution in [0.1, 0.15) is 12.8 Å². The third-order valence-electron chi connectivity index (χ3n) is 2.56. The van der Waals surface area contributed by atoms with Crippen LogP contribution in [0, 0.1) is 0 Å². The number of halogens is 1.